The summed E-state index contributed by atoms with van der Waals surface area (Å²) in [5.41, 5.74) is 0.442. The summed E-state index contributed by atoms with van der Waals surface area (Å²) >= 11 is 1.90. The number of hydrogen-bond donors (Lipinski definition) is 2. The van der Waals surface area contributed by atoms with Crippen LogP contribution in [0.25, 0.3) is 10.8 Å². The van der Waals surface area contributed by atoms with E-state index in [9.17, 15) is 14.7 Å². The smallest absolute Gasteiger partial charge is 0.275 e. The van der Waals surface area contributed by atoms with Gasteiger partial charge in [-0.1, -0.05) is 18.2 Å². The molecule has 0 bridgehead atoms. The standard InChI is InChI=1S/C18H23N3O3S/c1-12-14-4-2-3-5-15(14)18(24)21(20-12)10-17(23)19-16(11-22)13-6-8-25-9-7-13/h2-5,13,16,22H,6-11H2,1H3,(H,19,23). The zero-order chi connectivity index (χ0) is 17.8. The monoisotopic (exact) mass is 361 g/mol. The maximum atomic E-state index is 12.5. The van der Waals surface area contributed by atoms with Gasteiger partial charge in [-0.25, -0.2) is 4.68 Å². The van der Waals surface area contributed by atoms with E-state index in [0.29, 0.717) is 17.0 Å². The Bertz CT molecular complexity index is 815. The van der Waals surface area contributed by atoms with E-state index in [0.717, 1.165) is 29.7 Å². The summed E-state index contributed by atoms with van der Waals surface area (Å²) in [6.07, 6.45) is 1.98. The lowest BCUT2D eigenvalue weighted by molar-refractivity contribution is -0.123. The molecule has 1 amide bonds. The molecule has 1 saturated heterocycles. The van der Waals surface area contributed by atoms with Crippen LogP contribution in [0.1, 0.15) is 18.5 Å². The Labute approximate surface area is 150 Å². The number of carbonyl (C=O) groups excluding carboxylic acids is 1. The molecule has 6 nitrogen and oxygen atoms in total. The Hall–Kier alpha value is -1.86. The van der Waals surface area contributed by atoms with Crippen LogP contribution < -0.4 is 10.9 Å². The first-order chi connectivity index (χ1) is 12.1. The molecule has 1 unspecified atom stereocenters. The molecule has 1 aliphatic rings. The van der Waals surface area contributed by atoms with Gasteiger partial charge in [0.25, 0.3) is 5.56 Å². The number of amides is 1. The molecule has 2 N–H and O–H groups in total. The number of hydrogen-bond acceptors (Lipinski definition) is 5. The number of carbonyl (C=O) groups is 1. The lowest BCUT2D eigenvalue weighted by atomic mass is 9.94. The van der Waals surface area contributed by atoms with Gasteiger partial charge in [-0.2, -0.15) is 16.9 Å². The zero-order valence-electron chi connectivity index (χ0n) is 14.3. The molecule has 0 saturated carbocycles. The number of rotatable bonds is 5. The first-order valence-electron chi connectivity index (χ1n) is 8.54. The fourth-order valence-corrected chi connectivity index (χ4v) is 4.47. The van der Waals surface area contributed by atoms with Crippen LogP contribution in [0, 0.1) is 12.8 Å². The maximum Gasteiger partial charge on any atom is 0.275 e. The molecule has 2 aromatic rings. The molecule has 3 rings (SSSR count). The highest BCUT2D eigenvalue weighted by Crippen LogP contribution is 2.25. The molecule has 1 aromatic heterocycles. The van der Waals surface area contributed by atoms with Gasteiger partial charge in [-0.05, 0) is 43.3 Å². The molecular formula is C18H23N3O3S. The normalized spacial score (nSPS) is 16.7. The summed E-state index contributed by atoms with van der Waals surface area (Å²) in [7, 11) is 0. The highest BCUT2D eigenvalue weighted by molar-refractivity contribution is 7.99. The van der Waals surface area contributed by atoms with Crippen molar-refractivity contribution in [2.24, 2.45) is 5.92 Å². The number of nitrogens with zero attached hydrogens (tertiary/aromatic N) is 2. The van der Waals surface area contributed by atoms with E-state index < -0.39 is 0 Å². The second-order valence-corrected chi connectivity index (χ2v) is 7.62. The Morgan fingerprint density at radius 1 is 1.36 bits per heavy atom. The van der Waals surface area contributed by atoms with Crippen LogP contribution in [0.2, 0.25) is 0 Å². The van der Waals surface area contributed by atoms with Crippen molar-refractivity contribution >= 4 is 28.4 Å². The van der Waals surface area contributed by atoms with Gasteiger partial charge in [0.1, 0.15) is 6.54 Å². The summed E-state index contributed by atoms with van der Waals surface area (Å²) in [4.78, 5) is 24.9. The highest BCUT2D eigenvalue weighted by Gasteiger charge is 2.25. The summed E-state index contributed by atoms with van der Waals surface area (Å²) in [5.74, 6) is 2.11. The van der Waals surface area contributed by atoms with Crippen molar-refractivity contribution in [3.05, 3.63) is 40.3 Å². The molecule has 0 spiro atoms. The van der Waals surface area contributed by atoms with Gasteiger partial charge in [-0.3, -0.25) is 9.59 Å². The summed E-state index contributed by atoms with van der Waals surface area (Å²) in [6.45, 7) is 1.61. The Kier molecular flexibility index (Phi) is 5.75. The van der Waals surface area contributed by atoms with Crippen LogP contribution in [0.5, 0.6) is 0 Å². The molecule has 2 heterocycles. The van der Waals surface area contributed by atoms with Crippen LogP contribution in [0.4, 0.5) is 0 Å². The average molecular weight is 361 g/mol. The van der Waals surface area contributed by atoms with Crippen LogP contribution in [0.3, 0.4) is 0 Å². The van der Waals surface area contributed by atoms with Gasteiger partial charge in [0, 0.05) is 5.39 Å². The van der Waals surface area contributed by atoms with Gasteiger partial charge < -0.3 is 10.4 Å². The predicted molar refractivity (Wildman–Crippen MR) is 99.8 cm³/mol. The predicted octanol–water partition coefficient (Wildman–Crippen LogP) is 1.33. The molecule has 0 aliphatic carbocycles. The van der Waals surface area contributed by atoms with Gasteiger partial charge in [0.05, 0.1) is 23.7 Å². The number of fused-ring (bicyclic) bond motifs is 1. The van der Waals surface area contributed by atoms with Gasteiger partial charge in [0.15, 0.2) is 0 Å². The molecule has 1 atom stereocenters. The molecule has 1 aliphatic heterocycles. The summed E-state index contributed by atoms with van der Waals surface area (Å²) < 4.78 is 1.21. The van der Waals surface area contributed by atoms with Crippen LogP contribution in [-0.2, 0) is 11.3 Å². The molecule has 1 aromatic carbocycles. The van der Waals surface area contributed by atoms with E-state index in [2.05, 4.69) is 10.4 Å². The highest BCUT2D eigenvalue weighted by atomic mass is 32.2. The molecular weight excluding hydrogens is 338 g/mol. The minimum atomic E-state index is -0.290. The molecule has 1 fully saturated rings. The number of nitrogens with one attached hydrogen (secondary N) is 1. The van der Waals surface area contributed by atoms with Crippen molar-refractivity contribution in [3.63, 3.8) is 0 Å². The van der Waals surface area contributed by atoms with Crippen molar-refractivity contribution < 1.29 is 9.90 Å². The minimum Gasteiger partial charge on any atom is -0.394 e. The summed E-state index contributed by atoms with van der Waals surface area (Å²) in [6, 6.07) is 7.01. The van der Waals surface area contributed by atoms with Crippen LogP contribution in [-0.4, -0.2) is 44.9 Å². The van der Waals surface area contributed by atoms with E-state index in [1.807, 2.05) is 30.8 Å². The van der Waals surface area contributed by atoms with Gasteiger partial charge in [-0.15, -0.1) is 0 Å². The Balaban J connectivity index is 1.75. The third kappa shape index (κ3) is 4.04. The fourth-order valence-electron chi connectivity index (χ4n) is 3.33. The number of aliphatic hydroxyl groups excluding tert-OH is 1. The second kappa shape index (κ2) is 8.01. The summed E-state index contributed by atoms with van der Waals surface area (Å²) in [5, 5.41) is 18.1. The number of aliphatic hydroxyl groups is 1. The third-order valence-corrected chi connectivity index (χ3v) is 5.77. The second-order valence-electron chi connectivity index (χ2n) is 6.40. The van der Waals surface area contributed by atoms with E-state index in [-0.39, 0.29) is 30.7 Å². The number of benzene rings is 1. The van der Waals surface area contributed by atoms with Crippen molar-refractivity contribution in [2.75, 3.05) is 18.1 Å². The Morgan fingerprint density at radius 3 is 2.72 bits per heavy atom. The lowest BCUT2D eigenvalue weighted by Gasteiger charge is -2.29. The SMILES string of the molecule is Cc1nn(CC(=O)NC(CO)C2CCSCC2)c(=O)c2ccccc12. The van der Waals surface area contributed by atoms with Crippen molar-refractivity contribution in [2.45, 2.75) is 32.4 Å². The molecule has 7 heteroatoms. The largest absolute Gasteiger partial charge is 0.394 e. The van der Waals surface area contributed by atoms with Crippen LogP contribution >= 0.6 is 11.8 Å². The molecule has 0 radical (unpaired) electrons. The lowest BCUT2D eigenvalue weighted by Crippen LogP contribution is -2.46. The van der Waals surface area contributed by atoms with Gasteiger partial charge in [0.2, 0.25) is 5.91 Å². The number of aromatic nitrogens is 2. The average Bonchev–Trinajstić information content (AvgIpc) is 2.64. The van der Waals surface area contributed by atoms with Gasteiger partial charge >= 0.3 is 0 Å². The number of aryl methyl sites for hydroxylation is 1. The van der Waals surface area contributed by atoms with Crippen molar-refractivity contribution in [1.82, 2.24) is 15.1 Å². The van der Waals surface area contributed by atoms with E-state index in [1.54, 1.807) is 12.1 Å². The van der Waals surface area contributed by atoms with E-state index in [4.69, 9.17) is 0 Å². The van der Waals surface area contributed by atoms with E-state index >= 15 is 0 Å². The first-order valence-corrected chi connectivity index (χ1v) is 9.70. The van der Waals surface area contributed by atoms with Crippen molar-refractivity contribution in [3.8, 4) is 0 Å². The molecule has 25 heavy (non-hydrogen) atoms. The minimum absolute atomic E-state index is 0.0832. The van der Waals surface area contributed by atoms with E-state index in [1.165, 1.54) is 4.68 Å². The van der Waals surface area contributed by atoms with Crippen LogP contribution in [0.15, 0.2) is 29.1 Å². The zero-order valence-corrected chi connectivity index (χ0v) is 15.1. The fraction of sp³-hybridized carbons (Fsp3) is 0.500. The quantitative estimate of drug-likeness (QED) is 0.839. The van der Waals surface area contributed by atoms with Crippen molar-refractivity contribution in [1.29, 1.82) is 0 Å². The topological polar surface area (TPSA) is 84.2 Å². The first kappa shape index (κ1) is 17.9. The number of thioether (sulfide) groups is 1. The maximum absolute atomic E-state index is 12.5. The Morgan fingerprint density at radius 2 is 2.04 bits per heavy atom. The molecule has 134 valence electrons. The third-order valence-electron chi connectivity index (χ3n) is 4.72.